The molecule has 0 aliphatic carbocycles. The van der Waals surface area contributed by atoms with E-state index in [1.165, 1.54) is 12.1 Å². The molecule has 2 aromatic carbocycles. The number of hydrogen-bond donors (Lipinski definition) is 4. The number of nitrogens with two attached hydrogens (primary N) is 1. The summed E-state index contributed by atoms with van der Waals surface area (Å²) in [6.07, 6.45) is 3.63. The molecule has 108 valence electrons. The third kappa shape index (κ3) is 3.55. The monoisotopic (exact) mass is 348 g/mol. The maximum Gasteiger partial charge on any atom is 0.170 e. The number of rotatable bonds is 3. The topological polar surface area (TPSA) is 99.1 Å². The zero-order chi connectivity index (χ0) is 15.4. The fourth-order valence-corrected chi connectivity index (χ4v) is 2.17. The Bertz CT molecular complexity index is 710. The number of oxime groups is 1. The van der Waals surface area contributed by atoms with Crippen LogP contribution in [-0.4, -0.2) is 21.3 Å². The molecule has 2 aromatic rings. The maximum absolute atomic E-state index is 9.49. The van der Waals surface area contributed by atoms with Gasteiger partial charge >= 0.3 is 0 Å². The van der Waals surface area contributed by atoms with Crippen molar-refractivity contribution >= 4 is 33.9 Å². The normalized spacial score (nSPS) is 12.0. The van der Waals surface area contributed by atoms with Crippen LogP contribution in [0.1, 0.15) is 16.7 Å². The van der Waals surface area contributed by atoms with E-state index < -0.39 is 0 Å². The Morgan fingerprint density at radius 3 is 2.29 bits per heavy atom. The van der Waals surface area contributed by atoms with Crippen molar-refractivity contribution in [2.75, 3.05) is 0 Å². The van der Waals surface area contributed by atoms with Crippen molar-refractivity contribution in [2.24, 2.45) is 10.9 Å². The van der Waals surface area contributed by atoms with Crippen LogP contribution in [0.5, 0.6) is 11.5 Å². The lowest BCUT2D eigenvalue weighted by atomic mass is 10.1. The maximum atomic E-state index is 9.49. The van der Waals surface area contributed by atoms with Crippen molar-refractivity contribution in [3.63, 3.8) is 0 Å². The van der Waals surface area contributed by atoms with E-state index in [0.29, 0.717) is 10.0 Å². The Kier molecular flexibility index (Phi) is 4.49. The lowest BCUT2D eigenvalue weighted by molar-refractivity contribution is 0.318. The summed E-state index contributed by atoms with van der Waals surface area (Å²) in [5.41, 5.74) is 7.74. The predicted molar refractivity (Wildman–Crippen MR) is 85.4 cm³/mol. The Morgan fingerprint density at radius 1 is 1.05 bits per heavy atom. The van der Waals surface area contributed by atoms with Gasteiger partial charge in [0.25, 0.3) is 0 Å². The molecule has 0 saturated heterocycles. The summed E-state index contributed by atoms with van der Waals surface area (Å²) in [6.45, 7) is 0. The van der Waals surface area contributed by atoms with E-state index in [1.54, 1.807) is 18.2 Å². The first-order chi connectivity index (χ1) is 10.0. The number of amidine groups is 1. The van der Waals surface area contributed by atoms with Crippen LogP contribution in [0.2, 0.25) is 0 Å². The molecule has 6 heteroatoms. The fraction of sp³-hybridized carbons (Fsp3) is 0. The third-order valence-electron chi connectivity index (χ3n) is 2.86. The smallest absolute Gasteiger partial charge is 0.170 e. The van der Waals surface area contributed by atoms with Gasteiger partial charge in [-0.1, -0.05) is 57.5 Å². The van der Waals surface area contributed by atoms with E-state index >= 15 is 0 Å². The molecule has 2 rings (SSSR count). The summed E-state index contributed by atoms with van der Waals surface area (Å²) in [4.78, 5) is 0. The average molecular weight is 349 g/mol. The van der Waals surface area contributed by atoms with Gasteiger partial charge in [-0.25, -0.2) is 0 Å². The standard InChI is InChI=1S/C15H13BrN2O3/c16-12-8-14(20)13(19)7-11(12)6-3-9-1-4-10(5-2-9)15(17)18-21/h1-8,19-21H,(H2,17,18)/b6-3+. The zero-order valence-electron chi connectivity index (χ0n) is 10.9. The van der Waals surface area contributed by atoms with Crippen molar-refractivity contribution in [1.29, 1.82) is 0 Å². The van der Waals surface area contributed by atoms with E-state index in [9.17, 15) is 10.2 Å². The molecule has 5 N–H and O–H groups in total. The second-order valence-electron chi connectivity index (χ2n) is 4.30. The summed E-state index contributed by atoms with van der Waals surface area (Å²) in [7, 11) is 0. The second kappa shape index (κ2) is 6.32. The molecule has 0 aromatic heterocycles. The summed E-state index contributed by atoms with van der Waals surface area (Å²) in [6, 6.07) is 9.99. The second-order valence-corrected chi connectivity index (χ2v) is 5.16. The van der Waals surface area contributed by atoms with Gasteiger partial charge in [-0.05, 0) is 23.3 Å². The van der Waals surface area contributed by atoms with Crippen LogP contribution in [-0.2, 0) is 0 Å². The van der Waals surface area contributed by atoms with Crippen LogP contribution in [0.4, 0.5) is 0 Å². The van der Waals surface area contributed by atoms with Gasteiger partial charge in [0.2, 0.25) is 0 Å². The van der Waals surface area contributed by atoms with Crippen molar-refractivity contribution in [3.05, 3.63) is 57.6 Å². The van der Waals surface area contributed by atoms with Crippen LogP contribution in [0.25, 0.3) is 12.2 Å². The molecule has 0 unspecified atom stereocenters. The van der Waals surface area contributed by atoms with Crippen LogP contribution < -0.4 is 5.73 Å². The number of phenols is 2. The molecule has 0 aliphatic rings. The molecule has 0 saturated carbocycles. The van der Waals surface area contributed by atoms with Gasteiger partial charge in [0.1, 0.15) is 0 Å². The lowest BCUT2D eigenvalue weighted by Crippen LogP contribution is -2.12. The first kappa shape index (κ1) is 14.9. The predicted octanol–water partition coefficient (Wildman–Crippen LogP) is 3.13. The Morgan fingerprint density at radius 2 is 1.67 bits per heavy atom. The fourth-order valence-electron chi connectivity index (χ4n) is 1.70. The summed E-state index contributed by atoms with van der Waals surface area (Å²) in [5.74, 6) is -0.306. The quantitative estimate of drug-likeness (QED) is 0.171. The van der Waals surface area contributed by atoms with Gasteiger partial charge in [-0.2, -0.15) is 0 Å². The van der Waals surface area contributed by atoms with E-state index in [4.69, 9.17) is 10.9 Å². The van der Waals surface area contributed by atoms with E-state index in [2.05, 4.69) is 21.1 Å². The van der Waals surface area contributed by atoms with Gasteiger partial charge in [-0.3, -0.25) is 0 Å². The van der Waals surface area contributed by atoms with E-state index in [1.807, 2.05) is 18.2 Å². The molecule has 0 spiro atoms. The van der Waals surface area contributed by atoms with E-state index in [-0.39, 0.29) is 17.3 Å². The highest BCUT2D eigenvalue weighted by Gasteiger charge is 2.04. The minimum Gasteiger partial charge on any atom is -0.504 e. The highest BCUT2D eigenvalue weighted by atomic mass is 79.9. The molecule has 0 heterocycles. The largest absolute Gasteiger partial charge is 0.504 e. The molecular formula is C15H13BrN2O3. The Balaban J connectivity index is 2.24. The highest BCUT2D eigenvalue weighted by molar-refractivity contribution is 9.10. The Labute approximate surface area is 129 Å². The first-order valence-electron chi connectivity index (χ1n) is 5.99. The van der Waals surface area contributed by atoms with Crippen LogP contribution in [0.3, 0.4) is 0 Å². The van der Waals surface area contributed by atoms with Crippen LogP contribution in [0.15, 0.2) is 46.0 Å². The summed E-state index contributed by atoms with van der Waals surface area (Å²) < 4.78 is 0.669. The number of aromatic hydroxyl groups is 2. The van der Waals surface area contributed by atoms with Crippen molar-refractivity contribution < 1.29 is 15.4 Å². The number of halogens is 1. The van der Waals surface area contributed by atoms with Gasteiger partial charge in [-0.15, -0.1) is 0 Å². The van der Waals surface area contributed by atoms with Gasteiger partial charge in [0.05, 0.1) is 0 Å². The Hall–Kier alpha value is -2.47. The number of phenolic OH excluding ortho intramolecular Hbond substituents is 2. The summed E-state index contributed by atoms with van der Waals surface area (Å²) in [5, 5.41) is 30.4. The number of benzene rings is 2. The number of nitrogens with zero attached hydrogens (tertiary/aromatic N) is 1. The molecule has 21 heavy (non-hydrogen) atoms. The minimum absolute atomic E-state index is 0.0525. The van der Waals surface area contributed by atoms with E-state index in [0.717, 1.165) is 11.1 Å². The molecule has 0 fully saturated rings. The number of hydrogen-bond acceptors (Lipinski definition) is 4. The average Bonchev–Trinajstić information content (AvgIpc) is 2.49. The van der Waals surface area contributed by atoms with Gasteiger partial charge < -0.3 is 21.2 Å². The molecule has 0 atom stereocenters. The minimum atomic E-state index is -0.180. The molecule has 0 radical (unpaired) electrons. The first-order valence-corrected chi connectivity index (χ1v) is 6.78. The zero-order valence-corrected chi connectivity index (χ0v) is 12.4. The molecule has 0 amide bonds. The van der Waals surface area contributed by atoms with Crippen molar-refractivity contribution in [3.8, 4) is 11.5 Å². The summed E-state index contributed by atoms with van der Waals surface area (Å²) >= 11 is 3.31. The van der Waals surface area contributed by atoms with Crippen LogP contribution >= 0.6 is 15.9 Å². The van der Waals surface area contributed by atoms with Crippen molar-refractivity contribution in [2.45, 2.75) is 0 Å². The van der Waals surface area contributed by atoms with Gasteiger partial charge in [0, 0.05) is 10.0 Å². The highest BCUT2D eigenvalue weighted by Crippen LogP contribution is 2.32. The SMILES string of the molecule is NC(=NO)c1ccc(/C=C/c2cc(O)c(O)cc2Br)cc1. The molecular weight excluding hydrogens is 336 g/mol. The lowest BCUT2D eigenvalue weighted by Gasteiger charge is -2.03. The van der Waals surface area contributed by atoms with Gasteiger partial charge in [0.15, 0.2) is 17.3 Å². The third-order valence-corrected chi connectivity index (χ3v) is 3.55. The molecule has 0 aliphatic heterocycles. The molecule has 5 nitrogen and oxygen atoms in total. The molecule has 0 bridgehead atoms. The van der Waals surface area contributed by atoms with Crippen LogP contribution in [0, 0.1) is 0 Å². The van der Waals surface area contributed by atoms with Crippen molar-refractivity contribution in [1.82, 2.24) is 0 Å².